The van der Waals surface area contributed by atoms with E-state index in [0.717, 1.165) is 48.3 Å². The topological polar surface area (TPSA) is 61.6 Å². The van der Waals surface area contributed by atoms with Crippen molar-refractivity contribution in [2.24, 2.45) is 4.99 Å². The Kier molecular flexibility index (Phi) is 4.68. The number of benzene rings is 1. The van der Waals surface area contributed by atoms with E-state index in [1.165, 1.54) is 25.7 Å². The van der Waals surface area contributed by atoms with Gasteiger partial charge >= 0.3 is 0 Å². The van der Waals surface area contributed by atoms with E-state index in [0.29, 0.717) is 6.67 Å². The molecule has 4 heterocycles. The minimum absolute atomic E-state index is 0.127. The number of nitrogens with zero attached hydrogens (tertiary/aromatic N) is 6. The molecule has 31 heavy (non-hydrogen) atoms. The molecule has 2 aliphatic heterocycles. The van der Waals surface area contributed by atoms with E-state index in [4.69, 9.17) is 9.98 Å². The fourth-order valence-electron chi connectivity index (χ4n) is 4.83. The number of guanidine groups is 1. The van der Waals surface area contributed by atoms with E-state index in [1.807, 2.05) is 24.4 Å². The van der Waals surface area contributed by atoms with Crippen LogP contribution in [0.15, 0.2) is 65.3 Å². The van der Waals surface area contributed by atoms with Crippen LogP contribution in [0.2, 0.25) is 0 Å². The zero-order chi connectivity index (χ0) is 20.6. The van der Waals surface area contributed by atoms with Gasteiger partial charge in [0.2, 0.25) is 11.9 Å². The number of hydrogen-bond donors (Lipinski definition) is 1. The van der Waals surface area contributed by atoms with E-state index < -0.39 is 0 Å². The molecule has 1 atom stereocenters. The molecule has 1 N–H and O–H groups in total. The fraction of sp³-hybridized carbons (Fsp3) is 0.375. The highest BCUT2D eigenvalue weighted by atomic mass is 15.5. The van der Waals surface area contributed by atoms with E-state index in [-0.39, 0.29) is 6.17 Å². The summed E-state index contributed by atoms with van der Waals surface area (Å²) >= 11 is 0. The summed E-state index contributed by atoms with van der Waals surface area (Å²) in [6, 6.07) is 14.3. The molecule has 1 aromatic carbocycles. The van der Waals surface area contributed by atoms with Gasteiger partial charge in [0.25, 0.3) is 0 Å². The van der Waals surface area contributed by atoms with Crippen LogP contribution in [0.3, 0.4) is 0 Å². The van der Waals surface area contributed by atoms with Crippen molar-refractivity contribution in [3.05, 3.63) is 66.0 Å². The monoisotopic (exact) mass is 413 g/mol. The Morgan fingerprint density at radius 1 is 1.06 bits per heavy atom. The minimum Gasteiger partial charge on any atom is -0.330 e. The summed E-state index contributed by atoms with van der Waals surface area (Å²) in [7, 11) is 0. The summed E-state index contributed by atoms with van der Waals surface area (Å²) in [5.74, 6) is 1.81. The van der Waals surface area contributed by atoms with E-state index in [9.17, 15) is 0 Å². The average molecular weight is 414 g/mol. The number of rotatable bonds is 4. The van der Waals surface area contributed by atoms with Crippen molar-refractivity contribution in [1.29, 1.82) is 0 Å². The summed E-state index contributed by atoms with van der Waals surface area (Å²) in [5.41, 5.74) is 4.66. The molecule has 1 unspecified atom stereocenters. The predicted octanol–water partition coefficient (Wildman–Crippen LogP) is 3.86. The second kappa shape index (κ2) is 7.81. The highest BCUT2D eigenvalue weighted by molar-refractivity contribution is 5.98. The number of anilines is 1. The fourth-order valence-corrected chi connectivity index (χ4v) is 4.83. The third kappa shape index (κ3) is 3.39. The molecule has 0 saturated heterocycles. The van der Waals surface area contributed by atoms with Gasteiger partial charge in [-0.25, -0.2) is 9.98 Å². The van der Waals surface area contributed by atoms with Gasteiger partial charge in [-0.1, -0.05) is 29.8 Å². The van der Waals surface area contributed by atoms with Crippen LogP contribution < -0.4 is 10.2 Å². The third-order valence-corrected chi connectivity index (χ3v) is 6.46. The van der Waals surface area contributed by atoms with Crippen molar-refractivity contribution < 1.29 is 0 Å². The molecule has 0 fully saturated rings. The number of aromatic nitrogens is 3. The summed E-state index contributed by atoms with van der Waals surface area (Å²) < 4.78 is 2.25. The maximum Gasteiger partial charge on any atom is 0.216 e. The predicted molar refractivity (Wildman–Crippen MR) is 123 cm³/mol. The molecule has 0 bridgehead atoms. The van der Waals surface area contributed by atoms with Crippen molar-refractivity contribution in [2.75, 3.05) is 24.8 Å². The lowest BCUT2D eigenvalue weighted by atomic mass is 9.97. The first-order valence-electron chi connectivity index (χ1n) is 11.2. The van der Waals surface area contributed by atoms with Crippen LogP contribution in [-0.2, 0) is 0 Å². The number of aliphatic imine (C=N–C) groups is 1. The second-order valence-electron chi connectivity index (χ2n) is 8.52. The molecule has 6 rings (SSSR count). The maximum atomic E-state index is 5.00. The highest BCUT2D eigenvalue weighted by Crippen LogP contribution is 2.33. The minimum atomic E-state index is -0.127. The van der Waals surface area contributed by atoms with Crippen LogP contribution in [0.4, 0.5) is 5.95 Å². The van der Waals surface area contributed by atoms with Crippen molar-refractivity contribution >= 4 is 22.9 Å². The van der Waals surface area contributed by atoms with E-state index >= 15 is 0 Å². The average Bonchev–Trinajstić information content (AvgIpc) is 3.23. The molecule has 0 radical (unpaired) electrons. The molecular formula is C24H27N7. The van der Waals surface area contributed by atoms with Crippen molar-refractivity contribution in [1.82, 2.24) is 24.8 Å². The smallest absolute Gasteiger partial charge is 0.216 e. The number of fused-ring (bicyclic) bond motifs is 5. The van der Waals surface area contributed by atoms with Gasteiger partial charge in [-0.2, -0.15) is 0 Å². The van der Waals surface area contributed by atoms with E-state index in [2.05, 4.69) is 55.0 Å². The molecule has 3 aliphatic rings. The third-order valence-electron chi connectivity index (χ3n) is 6.46. The molecular weight excluding hydrogens is 386 g/mol. The number of allylic oxidation sites excluding steroid dienone is 1. The number of pyridine rings is 1. The van der Waals surface area contributed by atoms with Crippen LogP contribution in [0.1, 0.15) is 44.0 Å². The Morgan fingerprint density at radius 3 is 2.87 bits per heavy atom. The van der Waals surface area contributed by atoms with Crippen LogP contribution >= 0.6 is 0 Å². The van der Waals surface area contributed by atoms with Crippen LogP contribution in [0.5, 0.6) is 0 Å². The maximum absolute atomic E-state index is 5.00. The normalized spacial score (nSPS) is 21.2. The largest absolute Gasteiger partial charge is 0.330 e. The van der Waals surface area contributed by atoms with Gasteiger partial charge in [-0.15, -0.1) is 0 Å². The quantitative estimate of drug-likeness (QED) is 0.658. The lowest BCUT2D eigenvalue weighted by Crippen LogP contribution is -2.57. The first kappa shape index (κ1) is 18.6. The van der Waals surface area contributed by atoms with Gasteiger partial charge < -0.3 is 5.32 Å². The molecule has 1 aliphatic carbocycles. The number of hydrogen-bond acceptors (Lipinski definition) is 6. The Labute approximate surface area is 182 Å². The molecule has 0 saturated carbocycles. The van der Waals surface area contributed by atoms with Gasteiger partial charge in [0.05, 0.1) is 30.1 Å². The molecule has 0 amide bonds. The summed E-state index contributed by atoms with van der Waals surface area (Å²) in [4.78, 5) is 19.1. The van der Waals surface area contributed by atoms with Gasteiger partial charge in [-0.05, 0) is 56.4 Å². The zero-order valence-corrected chi connectivity index (χ0v) is 17.6. The zero-order valence-electron chi connectivity index (χ0n) is 17.6. The van der Waals surface area contributed by atoms with Gasteiger partial charge in [0, 0.05) is 12.7 Å². The number of para-hydroxylation sites is 2. The van der Waals surface area contributed by atoms with Gasteiger partial charge in [0.15, 0.2) is 6.17 Å². The van der Waals surface area contributed by atoms with E-state index in [1.54, 1.807) is 5.57 Å². The summed E-state index contributed by atoms with van der Waals surface area (Å²) in [6.07, 6.45) is 10.5. The highest BCUT2D eigenvalue weighted by Gasteiger charge is 2.36. The van der Waals surface area contributed by atoms with Crippen LogP contribution in [-0.4, -0.2) is 45.3 Å². The Balaban J connectivity index is 1.33. The van der Waals surface area contributed by atoms with Crippen LogP contribution in [0.25, 0.3) is 11.0 Å². The molecule has 0 spiro atoms. The first-order chi connectivity index (χ1) is 15.4. The SMILES string of the molecule is C1=C(CCN2CN=C3NC(c4ccccn4)n4c(nc5ccccc54)N3C2)CCCC1. The van der Waals surface area contributed by atoms with Gasteiger partial charge in [0.1, 0.15) is 0 Å². The Morgan fingerprint density at radius 2 is 2.00 bits per heavy atom. The lowest BCUT2D eigenvalue weighted by molar-refractivity contribution is 0.273. The molecule has 7 nitrogen and oxygen atoms in total. The van der Waals surface area contributed by atoms with Crippen molar-refractivity contribution in [3.63, 3.8) is 0 Å². The molecule has 158 valence electrons. The van der Waals surface area contributed by atoms with Crippen molar-refractivity contribution in [3.8, 4) is 0 Å². The molecule has 7 heteroatoms. The second-order valence-corrected chi connectivity index (χ2v) is 8.52. The first-order valence-corrected chi connectivity index (χ1v) is 11.2. The standard InChI is InChI=1S/C24H27N7/c1-2-8-18(9-3-1)13-15-29-16-26-23-28-22(20-11-6-7-14-25-20)31-21-12-5-4-10-19(21)27-24(31)30(23)17-29/h4-8,10-12,14,22H,1-3,9,13,15-17H2,(H,26,28). The number of imidazole rings is 1. The van der Waals surface area contributed by atoms with Crippen LogP contribution in [0, 0.1) is 0 Å². The lowest BCUT2D eigenvalue weighted by Gasteiger charge is -2.41. The number of nitrogens with one attached hydrogen (secondary N) is 1. The Hall–Kier alpha value is -3.19. The molecule has 3 aromatic rings. The molecule has 2 aromatic heterocycles. The van der Waals surface area contributed by atoms with Crippen molar-refractivity contribution in [2.45, 2.75) is 38.3 Å². The summed E-state index contributed by atoms with van der Waals surface area (Å²) in [6.45, 7) is 2.53. The summed E-state index contributed by atoms with van der Waals surface area (Å²) in [5, 5.41) is 3.63. The van der Waals surface area contributed by atoms with Gasteiger partial charge in [-0.3, -0.25) is 19.4 Å². The Bertz CT molecular complexity index is 1150.